The second-order valence-corrected chi connectivity index (χ2v) is 7.23. The smallest absolute Gasteiger partial charge is 0.159 e. The second kappa shape index (κ2) is 7.03. The summed E-state index contributed by atoms with van der Waals surface area (Å²) in [5.41, 5.74) is 0.364. The molecule has 3 rings (SSSR count). The zero-order chi connectivity index (χ0) is 16.4. The normalized spacial score (nSPS) is 17.7. The zero-order valence-corrected chi connectivity index (χ0v) is 13.7. The molecule has 1 heterocycles. The van der Waals surface area contributed by atoms with Crippen LogP contribution in [0.25, 0.3) is 0 Å². The van der Waals surface area contributed by atoms with E-state index in [-0.39, 0.29) is 6.04 Å². The van der Waals surface area contributed by atoms with Crippen LogP contribution in [0.1, 0.15) is 53.7 Å². The summed E-state index contributed by atoms with van der Waals surface area (Å²) in [5, 5.41) is 14.7. The van der Waals surface area contributed by atoms with Crippen molar-refractivity contribution in [2.24, 2.45) is 0 Å². The molecule has 1 aromatic heterocycles. The van der Waals surface area contributed by atoms with E-state index in [9.17, 15) is 13.9 Å². The lowest BCUT2D eigenvalue weighted by Gasteiger charge is -2.22. The Morgan fingerprint density at radius 3 is 2.78 bits per heavy atom. The van der Waals surface area contributed by atoms with Crippen molar-refractivity contribution in [2.45, 2.75) is 50.8 Å². The van der Waals surface area contributed by atoms with Crippen molar-refractivity contribution >= 4 is 11.3 Å². The van der Waals surface area contributed by atoms with Crippen molar-refractivity contribution < 1.29 is 13.9 Å². The molecule has 3 nitrogen and oxygen atoms in total. The molecule has 23 heavy (non-hydrogen) atoms. The van der Waals surface area contributed by atoms with Gasteiger partial charge in [0.05, 0.1) is 11.1 Å². The molecule has 0 spiro atoms. The van der Waals surface area contributed by atoms with Gasteiger partial charge >= 0.3 is 0 Å². The van der Waals surface area contributed by atoms with Gasteiger partial charge in [0.1, 0.15) is 0 Å². The second-order valence-electron chi connectivity index (χ2n) is 6.08. The van der Waals surface area contributed by atoms with Gasteiger partial charge in [-0.2, -0.15) is 0 Å². The van der Waals surface area contributed by atoms with Crippen LogP contribution in [0.3, 0.4) is 0 Å². The summed E-state index contributed by atoms with van der Waals surface area (Å²) < 4.78 is 26.2. The topological polar surface area (TPSA) is 45.2 Å². The van der Waals surface area contributed by atoms with Crippen molar-refractivity contribution in [1.82, 2.24) is 10.3 Å². The molecule has 1 fully saturated rings. The Hall–Kier alpha value is -1.37. The van der Waals surface area contributed by atoms with Crippen molar-refractivity contribution in [3.63, 3.8) is 0 Å². The summed E-state index contributed by atoms with van der Waals surface area (Å²) in [5.74, 6) is -1.23. The average Bonchev–Trinajstić information content (AvgIpc) is 2.93. The first-order valence-corrected chi connectivity index (χ1v) is 8.67. The number of nitrogens with one attached hydrogen (secondary N) is 1. The predicted octanol–water partition coefficient (Wildman–Crippen LogP) is 3.90. The molecule has 0 radical (unpaired) electrons. The highest BCUT2D eigenvalue weighted by molar-refractivity contribution is 7.11. The molecule has 2 unspecified atom stereocenters. The van der Waals surface area contributed by atoms with Crippen molar-refractivity contribution in [2.75, 3.05) is 0 Å². The van der Waals surface area contributed by atoms with E-state index in [1.807, 2.05) is 13.1 Å². The summed E-state index contributed by atoms with van der Waals surface area (Å²) in [6.45, 7) is 2.42. The van der Waals surface area contributed by atoms with Crippen LogP contribution >= 0.6 is 11.3 Å². The van der Waals surface area contributed by atoms with Gasteiger partial charge in [0.25, 0.3) is 0 Å². The fourth-order valence-corrected chi connectivity index (χ4v) is 3.64. The van der Waals surface area contributed by atoms with Gasteiger partial charge < -0.3 is 10.4 Å². The number of rotatable bonds is 6. The zero-order valence-electron chi connectivity index (χ0n) is 12.9. The fraction of sp³-hybridized carbons (Fsp3) is 0.471. The molecular weight excluding hydrogens is 318 g/mol. The minimum atomic E-state index is -0.943. The van der Waals surface area contributed by atoms with Crippen LogP contribution in [0, 0.1) is 11.6 Å². The van der Waals surface area contributed by atoms with E-state index in [2.05, 4.69) is 10.3 Å². The van der Waals surface area contributed by atoms with E-state index >= 15 is 0 Å². The van der Waals surface area contributed by atoms with Crippen molar-refractivity contribution in [3.05, 3.63) is 51.5 Å². The quantitative estimate of drug-likeness (QED) is 0.840. The molecule has 1 saturated carbocycles. The Morgan fingerprint density at radius 1 is 1.35 bits per heavy atom. The number of hydrogen-bond acceptors (Lipinski definition) is 4. The molecule has 6 heteroatoms. The molecule has 2 N–H and O–H groups in total. The molecule has 124 valence electrons. The Kier molecular flexibility index (Phi) is 5.04. The van der Waals surface area contributed by atoms with Gasteiger partial charge in [0.2, 0.25) is 0 Å². The molecule has 2 atom stereocenters. The predicted molar refractivity (Wildman–Crippen MR) is 86.3 cm³/mol. The standard InChI is InChI=1S/C17H20F2N2OS/c1-10(16(22)12-5-6-14(18)15(19)7-12)20-8-13-9-21-17(23-13)11-3-2-4-11/h5-7,9-11,16,20,22H,2-4,8H2,1H3. The number of aliphatic hydroxyl groups is 1. The van der Waals surface area contributed by atoms with Gasteiger partial charge in [-0.1, -0.05) is 12.5 Å². The molecule has 2 aromatic rings. The van der Waals surface area contributed by atoms with E-state index < -0.39 is 17.7 Å². The van der Waals surface area contributed by atoms with Crippen LogP contribution < -0.4 is 5.32 Å². The van der Waals surface area contributed by atoms with Gasteiger partial charge in [-0.25, -0.2) is 13.8 Å². The lowest BCUT2D eigenvalue weighted by molar-refractivity contribution is 0.135. The van der Waals surface area contributed by atoms with Gasteiger partial charge in [0, 0.05) is 29.6 Å². The Bertz CT molecular complexity index is 672. The molecule has 1 aliphatic carbocycles. The summed E-state index contributed by atoms with van der Waals surface area (Å²) >= 11 is 1.71. The van der Waals surface area contributed by atoms with Gasteiger partial charge in [-0.05, 0) is 37.5 Å². The Balaban J connectivity index is 1.56. The number of nitrogens with zero attached hydrogens (tertiary/aromatic N) is 1. The first kappa shape index (κ1) is 16.5. The van der Waals surface area contributed by atoms with E-state index in [1.54, 1.807) is 11.3 Å². The van der Waals surface area contributed by atoms with Crippen LogP contribution in [-0.2, 0) is 6.54 Å². The lowest BCUT2D eigenvalue weighted by atomic mass is 9.86. The van der Waals surface area contributed by atoms with Crippen molar-refractivity contribution in [3.8, 4) is 0 Å². The summed E-state index contributed by atoms with van der Waals surface area (Å²) in [6, 6.07) is 3.20. The van der Waals surface area contributed by atoms with E-state index in [0.717, 1.165) is 17.0 Å². The molecular formula is C17H20F2N2OS. The van der Waals surface area contributed by atoms with E-state index in [0.29, 0.717) is 18.0 Å². The van der Waals surface area contributed by atoms with Gasteiger partial charge in [-0.15, -0.1) is 11.3 Å². The van der Waals surface area contributed by atoms with Crippen molar-refractivity contribution in [1.29, 1.82) is 0 Å². The van der Waals surface area contributed by atoms with Crippen LogP contribution in [-0.4, -0.2) is 16.1 Å². The number of halogens is 2. The van der Waals surface area contributed by atoms with Gasteiger partial charge in [-0.3, -0.25) is 0 Å². The van der Waals surface area contributed by atoms with Crippen LogP contribution in [0.2, 0.25) is 0 Å². The van der Waals surface area contributed by atoms with Gasteiger partial charge in [0.15, 0.2) is 11.6 Å². The fourth-order valence-electron chi connectivity index (χ4n) is 2.61. The number of aliphatic hydroxyl groups excluding tert-OH is 1. The number of benzene rings is 1. The third kappa shape index (κ3) is 3.76. The maximum absolute atomic E-state index is 13.3. The van der Waals surface area contributed by atoms with Crippen LogP contribution in [0.4, 0.5) is 8.78 Å². The minimum absolute atomic E-state index is 0.283. The first-order valence-electron chi connectivity index (χ1n) is 7.85. The molecule has 1 aliphatic rings. The van der Waals surface area contributed by atoms with Crippen LogP contribution in [0.5, 0.6) is 0 Å². The Morgan fingerprint density at radius 2 is 2.13 bits per heavy atom. The SMILES string of the molecule is CC(NCc1cnc(C2CCC2)s1)C(O)c1ccc(F)c(F)c1. The number of hydrogen-bond donors (Lipinski definition) is 2. The molecule has 0 bridgehead atoms. The summed E-state index contributed by atoms with van der Waals surface area (Å²) in [4.78, 5) is 5.59. The monoisotopic (exact) mass is 338 g/mol. The highest BCUT2D eigenvalue weighted by atomic mass is 32.1. The largest absolute Gasteiger partial charge is 0.387 e. The molecule has 0 saturated heterocycles. The maximum Gasteiger partial charge on any atom is 0.159 e. The highest BCUT2D eigenvalue weighted by Crippen LogP contribution is 2.38. The summed E-state index contributed by atoms with van der Waals surface area (Å²) in [6.07, 6.45) is 4.72. The van der Waals surface area contributed by atoms with E-state index in [4.69, 9.17) is 0 Å². The number of thiazole rings is 1. The first-order chi connectivity index (χ1) is 11.0. The molecule has 1 aromatic carbocycles. The lowest BCUT2D eigenvalue weighted by Crippen LogP contribution is -2.31. The number of aromatic nitrogens is 1. The highest BCUT2D eigenvalue weighted by Gasteiger charge is 2.23. The molecule has 0 aliphatic heterocycles. The maximum atomic E-state index is 13.3. The summed E-state index contributed by atoms with van der Waals surface area (Å²) in [7, 11) is 0. The Labute approximate surface area is 138 Å². The third-order valence-corrected chi connectivity index (χ3v) is 5.54. The van der Waals surface area contributed by atoms with Crippen LogP contribution in [0.15, 0.2) is 24.4 Å². The third-order valence-electron chi connectivity index (χ3n) is 4.38. The molecule has 0 amide bonds. The average molecular weight is 338 g/mol. The van der Waals surface area contributed by atoms with E-state index in [1.165, 1.54) is 30.3 Å². The minimum Gasteiger partial charge on any atom is -0.387 e.